The van der Waals surface area contributed by atoms with Gasteiger partial charge in [0.1, 0.15) is 11.2 Å². The van der Waals surface area contributed by atoms with Crippen molar-refractivity contribution in [1.82, 2.24) is 10.6 Å². The number of aliphatic hydroxyl groups excluding tert-OH is 1. The molecule has 1 aliphatic rings. The Bertz CT molecular complexity index is 808. The second-order valence-corrected chi connectivity index (χ2v) is 11.5. The van der Waals surface area contributed by atoms with E-state index >= 15 is 0 Å². The fourth-order valence-corrected chi connectivity index (χ4v) is 3.74. The van der Waals surface area contributed by atoms with E-state index in [1.807, 2.05) is 32.9 Å². The number of aliphatic hydroxyl groups is 1. The number of carbonyl (C=O) groups excluding carboxylic acids is 2. The van der Waals surface area contributed by atoms with Gasteiger partial charge >= 0.3 is 12.2 Å². The number of aryl methyl sites for hydroxylation is 1. The first-order chi connectivity index (χ1) is 15.2. The molecule has 0 aromatic heterocycles. The van der Waals surface area contributed by atoms with Crippen LogP contribution in [0.25, 0.3) is 0 Å². The summed E-state index contributed by atoms with van der Waals surface area (Å²) in [6.07, 6.45) is 3.48. The van der Waals surface area contributed by atoms with Gasteiger partial charge in [0.25, 0.3) is 0 Å². The van der Waals surface area contributed by atoms with Gasteiger partial charge < -0.3 is 25.2 Å². The van der Waals surface area contributed by atoms with Crippen LogP contribution in [0, 0.1) is 5.92 Å². The summed E-state index contributed by atoms with van der Waals surface area (Å²) in [4.78, 5) is 24.5. The SMILES string of the molecule is CC(CO)(Cc1cccc(CCC(NC(=O)OC(C)(C)C)C2CC2)c1)NC(=O)OC(C)(C)C. The van der Waals surface area contributed by atoms with Crippen LogP contribution >= 0.6 is 0 Å². The lowest BCUT2D eigenvalue weighted by Gasteiger charge is -2.30. The van der Waals surface area contributed by atoms with Crippen LogP contribution in [-0.4, -0.2) is 46.7 Å². The van der Waals surface area contributed by atoms with Crippen molar-refractivity contribution in [2.45, 2.75) is 103 Å². The predicted octanol–water partition coefficient (Wildman–Crippen LogP) is 4.74. The van der Waals surface area contributed by atoms with Crippen LogP contribution in [0.5, 0.6) is 0 Å². The van der Waals surface area contributed by atoms with Crippen LogP contribution in [0.3, 0.4) is 0 Å². The standard InChI is InChI=1S/C26H42N2O5/c1-24(2,3)32-22(30)27-21(20-12-13-20)14-11-18-9-8-10-19(15-18)16-26(7,17-29)28-23(31)33-25(4,5)6/h8-10,15,20-21,29H,11-14,16-17H2,1-7H3,(H,27,30)(H,28,31). The van der Waals surface area contributed by atoms with Gasteiger partial charge in [0.2, 0.25) is 0 Å². The van der Waals surface area contributed by atoms with Gasteiger partial charge in [-0.15, -0.1) is 0 Å². The molecule has 0 bridgehead atoms. The lowest BCUT2D eigenvalue weighted by atomic mass is 9.92. The number of ether oxygens (including phenoxy) is 2. The Labute approximate surface area is 198 Å². The fraction of sp³-hybridized carbons (Fsp3) is 0.692. The second kappa shape index (κ2) is 10.8. The Morgan fingerprint density at radius 1 is 1.00 bits per heavy atom. The van der Waals surface area contributed by atoms with E-state index in [1.54, 1.807) is 27.7 Å². The molecule has 0 spiro atoms. The molecule has 2 amide bonds. The zero-order chi connectivity index (χ0) is 24.9. The highest BCUT2D eigenvalue weighted by Crippen LogP contribution is 2.34. The minimum absolute atomic E-state index is 0.0973. The van der Waals surface area contributed by atoms with Crippen LogP contribution in [0.4, 0.5) is 9.59 Å². The van der Waals surface area contributed by atoms with Crippen LogP contribution < -0.4 is 10.6 Å². The third-order valence-electron chi connectivity index (χ3n) is 5.37. The van der Waals surface area contributed by atoms with Crippen molar-refractivity contribution in [1.29, 1.82) is 0 Å². The highest BCUT2D eigenvalue weighted by Gasteiger charge is 2.33. The maximum Gasteiger partial charge on any atom is 0.408 e. The average molecular weight is 463 g/mol. The summed E-state index contributed by atoms with van der Waals surface area (Å²) >= 11 is 0. The molecule has 2 atom stereocenters. The first kappa shape index (κ1) is 27.0. The van der Waals surface area contributed by atoms with E-state index in [0.29, 0.717) is 12.3 Å². The third-order valence-corrected chi connectivity index (χ3v) is 5.37. The van der Waals surface area contributed by atoms with Crippen LogP contribution in [-0.2, 0) is 22.3 Å². The fourth-order valence-electron chi connectivity index (χ4n) is 3.74. The van der Waals surface area contributed by atoms with E-state index in [1.165, 1.54) is 0 Å². The Balaban J connectivity index is 1.97. The molecule has 1 aromatic carbocycles. The van der Waals surface area contributed by atoms with Crippen LogP contribution in [0.15, 0.2) is 24.3 Å². The lowest BCUT2D eigenvalue weighted by Crippen LogP contribution is -2.52. The Hall–Kier alpha value is -2.28. The quantitative estimate of drug-likeness (QED) is 0.492. The van der Waals surface area contributed by atoms with Crippen LogP contribution in [0.2, 0.25) is 0 Å². The molecule has 1 fully saturated rings. The van der Waals surface area contributed by atoms with Crippen molar-refractivity contribution in [2.24, 2.45) is 5.92 Å². The smallest absolute Gasteiger partial charge is 0.408 e. The Morgan fingerprint density at radius 2 is 1.58 bits per heavy atom. The normalized spacial score (nSPS) is 17.0. The van der Waals surface area contributed by atoms with Crippen LogP contribution in [0.1, 0.15) is 78.9 Å². The summed E-state index contributed by atoms with van der Waals surface area (Å²) < 4.78 is 10.8. The summed E-state index contributed by atoms with van der Waals surface area (Å²) in [6, 6.07) is 8.25. The second-order valence-electron chi connectivity index (χ2n) is 11.5. The molecule has 2 rings (SSSR count). The summed E-state index contributed by atoms with van der Waals surface area (Å²) in [7, 11) is 0. The van der Waals surface area contributed by atoms with Gasteiger partial charge in [0.05, 0.1) is 12.1 Å². The van der Waals surface area contributed by atoms with E-state index in [9.17, 15) is 14.7 Å². The van der Waals surface area contributed by atoms with Crippen molar-refractivity contribution in [3.8, 4) is 0 Å². The number of rotatable bonds is 9. The number of hydrogen-bond acceptors (Lipinski definition) is 5. The van der Waals surface area contributed by atoms with Gasteiger partial charge in [0, 0.05) is 6.04 Å². The van der Waals surface area contributed by atoms with E-state index in [2.05, 4.69) is 22.8 Å². The number of amides is 2. The van der Waals surface area contributed by atoms with E-state index in [0.717, 1.165) is 36.8 Å². The molecule has 3 N–H and O–H groups in total. The van der Waals surface area contributed by atoms with Gasteiger partial charge in [0.15, 0.2) is 0 Å². The predicted molar refractivity (Wildman–Crippen MR) is 129 cm³/mol. The van der Waals surface area contributed by atoms with Gasteiger partial charge in [-0.05, 0) is 97.6 Å². The monoisotopic (exact) mass is 462 g/mol. The summed E-state index contributed by atoms with van der Waals surface area (Å²) in [6.45, 7) is 12.6. The Kier molecular flexibility index (Phi) is 8.80. The summed E-state index contributed by atoms with van der Waals surface area (Å²) in [5.41, 5.74) is 0.214. The average Bonchev–Trinajstić information content (AvgIpc) is 3.47. The molecule has 0 aliphatic heterocycles. The van der Waals surface area contributed by atoms with E-state index in [-0.39, 0.29) is 18.7 Å². The number of alkyl carbamates (subject to hydrolysis) is 2. The molecule has 7 nitrogen and oxygen atoms in total. The molecular weight excluding hydrogens is 420 g/mol. The molecule has 1 aliphatic carbocycles. The molecule has 1 aromatic rings. The maximum absolute atomic E-state index is 12.2. The van der Waals surface area contributed by atoms with Gasteiger partial charge in [-0.3, -0.25) is 0 Å². The number of nitrogens with one attached hydrogen (secondary N) is 2. The van der Waals surface area contributed by atoms with Crippen molar-refractivity contribution in [2.75, 3.05) is 6.61 Å². The Morgan fingerprint density at radius 3 is 2.12 bits per heavy atom. The minimum Gasteiger partial charge on any atom is -0.444 e. The van der Waals surface area contributed by atoms with Crippen molar-refractivity contribution >= 4 is 12.2 Å². The van der Waals surface area contributed by atoms with Crippen molar-refractivity contribution in [3.63, 3.8) is 0 Å². The van der Waals surface area contributed by atoms with Gasteiger partial charge in [-0.25, -0.2) is 9.59 Å². The minimum atomic E-state index is -0.838. The number of hydrogen-bond donors (Lipinski definition) is 3. The molecule has 0 radical (unpaired) electrons. The van der Waals surface area contributed by atoms with Crippen molar-refractivity contribution < 1.29 is 24.2 Å². The number of benzene rings is 1. The highest BCUT2D eigenvalue weighted by atomic mass is 16.6. The summed E-state index contributed by atoms with van der Waals surface area (Å²) in [5, 5.41) is 15.8. The van der Waals surface area contributed by atoms with Crippen molar-refractivity contribution in [3.05, 3.63) is 35.4 Å². The van der Waals surface area contributed by atoms with Gasteiger partial charge in [-0.1, -0.05) is 24.3 Å². The molecular formula is C26H42N2O5. The number of carbonyl (C=O) groups is 2. The zero-order valence-corrected chi connectivity index (χ0v) is 21.3. The molecule has 0 heterocycles. The molecule has 1 saturated carbocycles. The largest absolute Gasteiger partial charge is 0.444 e. The molecule has 0 saturated heterocycles. The highest BCUT2D eigenvalue weighted by molar-refractivity contribution is 5.69. The lowest BCUT2D eigenvalue weighted by molar-refractivity contribution is 0.0414. The first-order valence-corrected chi connectivity index (χ1v) is 11.9. The van der Waals surface area contributed by atoms with Gasteiger partial charge in [-0.2, -0.15) is 0 Å². The maximum atomic E-state index is 12.2. The molecule has 2 unspecified atom stereocenters. The van der Waals surface area contributed by atoms with E-state index in [4.69, 9.17) is 9.47 Å². The zero-order valence-electron chi connectivity index (χ0n) is 21.3. The third kappa shape index (κ3) is 10.5. The summed E-state index contributed by atoms with van der Waals surface area (Å²) in [5.74, 6) is 0.511. The molecule has 7 heteroatoms. The first-order valence-electron chi connectivity index (χ1n) is 11.9. The van der Waals surface area contributed by atoms with E-state index < -0.39 is 22.8 Å². The topological polar surface area (TPSA) is 96.9 Å². The molecule has 33 heavy (non-hydrogen) atoms. The molecule has 186 valence electrons.